The Labute approximate surface area is 91.5 Å². The van der Waals surface area contributed by atoms with Crippen LogP contribution in [0.15, 0.2) is 0 Å². The van der Waals surface area contributed by atoms with Gasteiger partial charge in [-0.1, -0.05) is 7.40 Å². The Bertz CT molecular complexity index is 173. The summed E-state index contributed by atoms with van der Waals surface area (Å²) in [6.45, 7) is 0. The fraction of sp³-hybridized carbons (Fsp3) is 0.714. The number of carbonyl (C=O) groups is 2. The van der Waals surface area contributed by atoms with Crippen LogP contribution in [0.4, 0.5) is 0 Å². The van der Waals surface area contributed by atoms with Crippen molar-refractivity contribution in [3.05, 3.63) is 0 Å². The molecule has 0 unspecified atom stereocenters. The van der Waals surface area contributed by atoms with Gasteiger partial charge in [0.05, 0.1) is 11.5 Å². The zero-order valence-corrected chi connectivity index (χ0v) is 9.81. The molecule has 0 saturated carbocycles. The Morgan fingerprint density at radius 1 is 1.15 bits per heavy atom. The predicted molar refractivity (Wildman–Crippen MR) is 60.0 cm³/mol. The minimum atomic E-state index is -0.226. The molecule has 0 fully saturated rings. The molecule has 0 rings (SSSR count). The third-order valence-corrected chi connectivity index (χ3v) is 1.98. The van der Waals surface area contributed by atoms with Gasteiger partial charge in [0.25, 0.3) is 11.8 Å². The highest BCUT2D eigenvalue weighted by Crippen LogP contribution is 1.95. The highest BCUT2D eigenvalue weighted by Gasteiger charge is 2.15. The lowest BCUT2D eigenvalue weighted by Crippen LogP contribution is -2.45. The van der Waals surface area contributed by atoms with Crippen molar-refractivity contribution in [2.24, 2.45) is 0 Å². The Kier molecular flexibility index (Phi) is 6.89. The second kappa shape index (κ2) is 7.08. The number of rotatable bonds is 2. The largest absolute Gasteiger partial charge is 0.272 e. The smallest absolute Gasteiger partial charge is 0.250 e. The average molecular weight is 225 g/mol. The number of nitrogens with zero attached hydrogens (tertiary/aromatic N) is 2. The first-order valence-electron chi connectivity index (χ1n) is 4.29. The van der Waals surface area contributed by atoms with Crippen molar-refractivity contribution >= 4 is 37.1 Å². The van der Waals surface area contributed by atoms with Crippen molar-refractivity contribution in [2.45, 2.75) is 7.40 Å². The number of hydrogen-bond donors (Lipinski definition) is 2. The molecule has 0 spiro atoms. The predicted octanol–water partition coefficient (Wildman–Crippen LogP) is 0.314. The summed E-state index contributed by atoms with van der Waals surface area (Å²) in [7, 11) is 4.28. The molecule has 0 aromatic heterocycles. The van der Waals surface area contributed by atoms with Crippen molar-refractivity contribution in [2.75, 3.05) is 25.6 Å². The van der Waals surface area contributed by atoms with Crippen LogP contribution in [0.3, 0.4) is 0 Å². The molecule has 0 bridgehead atoms. The van der Waals surface area contributed by atoms with Crippen molar-refractivity contribution in [3.63, 3.8) is 0 Å². The van der Waals surface area contributed by atoms with E-state index in [1.54, 1.807) is 0 Å². The van der Waals surface area contributed by atoms with Crippen LogP contribution in [0.25, 0.3) is 0 Å². The van der Waals surface area contributed by atoms with E-state index in [4.69, 9.17) is 1.37 Å². The van der Waals surface area contributed by atoms with Crippen molar-refractivity contribution in [1.29, 1.82) is 0 Å². The SMILES string of the molecule is CN(C(=O)CS)N(C)C(=O)CS.[2H]C. The Morgan fingerprint density at radius 3 is 1.54 bits per heavy atom. The molecular formula is C7H16N2O2S2. The maximum absolute atomic E-state index is 11.0. The third kappa shape index (κ3) is 4.42. The van der Waals surface area contributed by atoms with Crippen molar-refractivity contribution in [3.8, 4) is 0 Å². The van der Waals surface area contributed by atoms with Crippen LogP contribution >= 0.6 is 25.3 Å². The van der Waals surface area contributed by atoms with E-state index in [0.29, 0.717) is 0 Å². The molecule has 0 saturated heterocycles. The first kappa shape index (κ1) is 12.6. The van der Waals surface area contributed by atoms with E-state index in [-0.39, 0.29) is 23.3 Å². The summed E-state index contributed by atoms with van der Waals surface area (Å²) in [5, 5.41) is 2.43. The zero-order valence-electron chi connectivity index (χ0n) is 9.02. The summed E-state index contributed by atoms with van der Waals surface area (Å²) < 4.78 is 5.75. The Hall–Kier alpha value is -0.360. The lowest BCUT2D eigenvalue weighted by Gasteiger charge is -2.27. The van der Waals surface area contributed by atoms with Gasteiger partial charge in [-0.3, -0.25) is 19.6 Å². The summed E-state index contributed by atoms with van der Waals surface area (Å²) in [6, 6.07) is 0. The van der Waals surface area contributed by atoms with Crippen LogP contribution in [0.1, 0.15) is 8.77 Å². The van der Waals surface area contributed by atoms with Gasteiger partial charge in [-0.2, -0.15) is 25.3 Å². The van der Waals surface area contributed by atoms with Gasteiger partial charge in [-0.05, 0) is 0 Å². The van der Waals surface area contributed by atoms with Crippen LogP contribution < -0.4 is 0 Å². The number of hydrazine groups is 1. The van der Waals surface area contributed by atoms with Gasteiger partial charge in [-0.25, -0.2) is 0 Å². The van der Waals surface area contributed by atoms with Crippen LogP contribution in [0.5, 0.6) is 0 Å². The number of amides is 2. The Balaban J connectivity index is 0. The van der Waals surface area contributed by atoms with E-state index in [1.165, 1.54) is 31.5 Å². The van der Waals surface area contributed by atoms with Gasteiger partial charge >= 0.3 is 0 Å². The monoisotopic (exact) mass is 225 g/mol. The number of thiol groups is 2. The van der Waals surface area contributed by atoms with Crippen molar-refractivity contribution in [1.82, 2.24) is 10.0 Å². The van der Waals surface area contributed by atoms with Gasteiger partial charge in [0, 0.05) is 15.5 Å². The quantitative estimate of drug-likeness (QED) is 0.525. The standard InChI is InChI=1S/C6H12N2O2S2.CH4/c1-7(5(9)3-11)8(2)6(10)4-12;/h11-12H,3-4H2,1-2H3;1H4/i;1D. The molecule has 2 amide bonds. The maximum atomic E-state index is 11.0. The van der Waals surface area contributed by atoms with Crippen LogP contribution in [0.2, 0.25) is 0 Å². The van der Waals surface area contributed by atoms with Crippen LogP contribution in [-0.2, 0) is 9.59 Å². The van der Waals surface area contributed by atoms with Crippen LogP contribution in [0, 0.1) is 0 Å². The van der Waals surface area contributed by atoms with Gasteiger partial charge in [-0.15, -0.1) is 0 Å². The molecular weight excluding hydrogens is 208 g/mol. The van der Waals surface area contributed by atoms with E-state index < -0.39 is 0 Å². The summed E-state index contributed by atoms with van der Waals surface area (Å²) in [5.41, 5.74) is 0. The fourth-order valence-electron chi connectivity index (χ4n) is 0.539. The minimum absolute atomic E-state index is 0.0840. The first-order valence-corrected chi connectivity index (χ1v) is 4.55. The van der Waals surface area contributed by atoms with Gasteiger partial charge in [0.15, 0.2) is 0 Å². The molecule has 13 heavy (non-hydrogen) atoms. The second-order valence-corrected chi connectivity index (χ2v) is 2.78. The topological polar surface area (TPSA) is 40.6 Å². The molecule has 0 aliphatic carbocycles. The van der Waals surface area contributed by atoms with E-state index in [1.807, 2.05) is 0 Å². The average Bonchev–Trinajstić information content (AvgIpc) is 2.27. The Morgan fingerprint density at radius 2 is 1.38 bits per heavy atom. The zero-order chi connectivity index (χ0) is 11.7. The fourth-order valence-corrected chi connectivity index (χ4v) is 0.949. The molecule has 4 nitrogen and oxygen atoms in total. The summed E-state index contributed by atoms with van der Waals surface area (Å²) in [6.07, 6.45) is 0. The van der Waals surface area contributed by atoms with Gasteiger partial charge in [0.2, 0.25) is 0 Å². The molecule has 0 aromatic rings. The lowest BCUT2D eigenvalue weighted by atomic mass is 10.6. The van der Waals surface area contributed by atoms with Crippen molar-refractivity contribution < 1.29 is 11.0 Å². The normalized spacial score (nSPS) is 9.15. The molecule has 0 heterocycles. The third-order valence-electron chi connectivity index (χ3n) is 1.44. The molecule has 0 radical (unpaired) electrons. The summed E-state index contributed by atoms with van der Waals surface area (Å²) >= 11 is 7.60. The van der Waals surface area contributed by atoms with Gasteiger partial charge in [0.1, 0.15) is 0 Å². The molecule has 0 atom stereocenters. The highest BCUT2D eigenvalue weighted by atomic mass is 32.1. The summed E-state index contributed by atoms with van der Waals surface area (Å²) in [5.74, 6) is -0.284. The number of hydrogen-bond acceptors (Lipinski definition) is 4. The second-order valence-electron chi connectivity index (χ2n) is 2.15. The van der Waals surface area contributed by atoms with E-state index in [0.717, 1.165) is 0 Å². The lowest BCUT2D eigenvalue weighted by molar-refractivity contribution is -0.154. The molecule has 0 aromatic carbocycles. The molecule has 78 valence electrons. The molecule has 0 N–H and O–H groups in total. The van der Waals surface area contributed by atoms with Gasteiger partial charge < -0.3 is 0 Å². The van der Waals surface area contributed by atoms with E-state index >= 15 is 0 Å². The number of carbonyl (C=O) groups excluding carboxylic acids is 2. The highest BCUT2D eigenvalue weighted by molar-refractivity contribution is 7.81. The summed E-state index contributed by atoms with van der Waals surface area (Å²) in [4.78, 5) is 22.0. The molecule has 0 aliphatic heterocycles. The van der Waals surface area contributed by atoms with Crippen LogP contribution in [-0.4, -0.2) is 47.4 Å². The first-order chi connectivity index (χ1) is 6.54. The maximum Gasteiger partial charge on any atom is 0.250 e. The molecule has 0 aliphatic rings. The minimum Gasteiger partial charge on any atom is -0.272 e. The van der Waals surface area contributed by atoms with E-state index in [9.17, 15) is 9.59 Å². The molecule has 6 heteroatoms. The van der Waals surface area contributed by atoms with E-state index in [2.05, 4.69) is 25.3 Å².